The number of hydrogen-bond donors (Lipinski definition) is 1. The molecular weight excluding hydrogens is 382 g/mol. The normalized spacial score (nSPS) is 11.2. The summed E-state index contributed by atoms with van der Waals surface area (Å²) in [5.41, 5.74) is 2.40. The van der Waals surface area contributed by atoms with Crippen LogP contribution in [0.4, 0.5) is 0 Å². The zero-order valence-electron chi connectivity index (χ0n) is 13.2. The average molecular weight is 400 g/mol. The van der Waals surface area contributed by atoms with E-state index >= 15 is 0 Å². The Bertz CT molecular complexity index is 854. The number of rotatable bonds is 6. The predicted molar refractivity (Wildman–Crippen MR) is 106 cm³/mol. The van der Waals surface area contributed by atoms with Gasteiger partial charge < -0.3 is 5.32 Å². The van der Waals surface area contributed by atoms with Crippen molar-refractivity contribution >= 4 is 49.3 Å². The SMILES string of the molecule is O=C(CC=Cc1ccccc1)NCCc1csc2ccc(Br)cc12. The van der Waals surface area contributed by atoms with Crippen molar-refractivity contribution in [1.82, 2.24) is 5.32 Å². The number of amides is 1. The van der Waals surface area contributed by atoms with E-state index in [2.05, 4.69) is 44.8 Å². The number of thiophene rings is 1. The van der Waals surface area contributed by atoms with Gasteiger partial charge in [-0.3, -0.25) is 4.79 Å². The lowest BCUT2D eigenvalue weighted by Crippen LogP contribution is -2.24. The molecule has 0 aliphatic carbocycles. The highest BCUT2D eigenvalue weighted by molar-refractivity contribution is 9.10. The van der Waals surface area contributed by atoms with Gasteiger partial charge in [-0.1, -0.05) is 58.4 Å². The van der Waals surface area contributed by atoms with E-state index in [0.29, 0.717) is 13.0 Å². The van der Waals surface area contributed by atoms with E-state index in [4.69, 9.17) is 0 Å². The molecule has 122 valence electrons. The maximum Gasteiger partial charge on any atom is 0.223 e. The van der Waals surface area contributed by atoms with E-state index in [1.165, 1.54) is 15.6 Å². The topological polar surface area (TPSA) is 29.1 Å². The molecule has 0 atom stereocenters. The molecule has 0 aliphatic heterocycles. The van der Waals surface area contributed by atoms with Crippen LogP contribution in [0.15, 0.2) is 64.5 Å². The molecule has 0 fully saturated rings. The number of benzene rings is 2. The van der Waals surface area contributed by atoms with Crippen LogP contribution >= 0.6 is 27.3 Å². The van der Waals surface area contributed by atoms with Crippen molar-refractivity contribution in [2.75, 3.05) is 6.54 Å². The summed E-state index contributed by atoms with van der Waals surface area (Å²) in [7, 11) is 0. The molecule has 0 bridgehead atoms. The van der Waals surface area contributed by atoms with Crippen LogP contribution in [0.1, 0.15) is 17.5 Å². The monoisotopic (exact) mass is 399 g/mol. The predicted octanol–water partition coefficient (Wildman–Crippen LogP) is 5.43. The summed E-state index contributed by atoms with van der Waals surface area (Å²) in [4.78, 5) is 11.9. The van der Waals surface area contributed by atoms with Crippen LogP contribution in [0, 0.1) is 0 Å². The molecule has 1 amide bonds. The molecular formula is C20H18BrNOS. The van der Waals surface area contributed by atoms with Crippen molar-refractivity contribution in [3.05, 3.63) is 75.6 Å². The van der Waals surface area contributed by atoms with E-state index < -0.39 is 0 Å². The lowest BCUT2D eigenvalue weighted by atomic mass is 10.1. The third kappa shape index (κ3) is 4.56. The first-order valence-electron chi connectivity index (χ1n) is 7.86. The van der Waals surface area contributed by atoms with Crippen LogP contribution in [-0.2, 0) is 11.2 Å². The largest absolute Gasteiger partial charge is 0.356 e. The Morgan fingerprint density at radius 3 is 2.83 bits per heavy atom. The number of carbonyl (C=O) groups excluding carboxylic acids is 1. The second kappa shape index (κ2) is 8.27. The zero-order chi connectivity index (χ0) is 16.8. The zero-order valence-corrected chi connectivity index (χ0v) is 15.6. The first-order valence-corrected chi connectivity index (χ1v) is 9.53. The summed E-state index contributed by atoms with van der Waals surface area (Å²) >= 11 is 5.27. The van der Waals surface area contributed by atoms with Crippen molar-refractivity contribution < 1.29 is 4.79 Å². The van der Waals surface area contributed by atoms with Crippen molar-refractivity contribution in [1.29, 1.82) is 0 Å². The fraction of sp³-hybridized carbons (Fsp3) is 0.150. The minimum atomic E-state index is 0.0582. The van der Waals surface area contributed by atoms with Crippen molar-refractivity contribution in [2.24, 2.45) is 0 Å². The summed E-state index contributed by atoms with van der Waals surface area (Å²) < 4.78 is 2.37. The van der Waals surface area contributed by atoms with Crippen LogP contribution in [0.2, 0.25) is 0 Å². The van der Waals surface area contributed by atoms with Gasteiger partial charge in [0.15, 0.2) is 0 Å². The van der Waals surface area contributed by atoms with Gasteiger partial charge in [0.05, 0.1) is 0 Å². The Morgan fingerprint density at radius 1 is 1.17 bits per heavy atom. The van der Waals surface area contributed by atoms with E-state index in [0.717, 1.165) is 16.5 Å². The average Bonchev–Trinajstić information content (AvgIpc) is 2.98. The van der Waals surface area contributed by atoms with E-state index in [9.17, 15) is 4.79 Å². The van der Waals surface area contributed by atoms with Gasteiger partial charge in [0.2, 0.25) is 5.91 Å². The number of halogens is 1. The molecule has 0 spiro atoms. The number of fused-ring (bicyclic) bond motifs is 1. The summed E-state index contributed by atoms with van der Waals surface area (Å²) in [5.74, 6) is 0.0582. The van der Waals surface area contributed by atoms with Gasteiger partial charge >= 0.3 is 0 Å². The number of hydrogen-bond acceptors (Lipinski definition) is 2. The molecule has 3 rings (SSSR count). The van der Waals surface area contributed by atoms with Gasteiger partial charge in [-0.25, -0.2) is 0 Å². The van der Waals surface area contributed by atoms with Crippen LogP contribution in [0.3, 0.4) is 0 Å². The molecule has 1 N–H and O–H groups in total. The highest BCUT2D eigenvalue weighted by Gasteiger charge is 2.05. The van der Waals surface area contributed by atoms with Gasteiger partial charge in [-0.05, 0) is 46.5 Å². The Morgan fingerprint density at radius 2 is 2.00 bits per heavy atom. The molecule has 1 heterocycles. The minimum Gasteiger partial charge on any atom is -0.356 e. The molecule has 1 aromatic heterocycles. The lowest BCUT2D eigenvalue weighted by Gasteiger charge is -2.03. The van der Waals surface area contributed by atoms with Crippen LogP contribution in [0.25, 0.3) is 16.2 Å². The standard InChI is InChI=1S/C20H18BrNOS/c21-17-9-10-19-18(13-17)16(14-24-19)11-12-22-20(23)8-4-7-15-5-2-1-3-6-15/h1-7,9-10,13-14H,8,11-12H2,(H,22,23). The molecule has 2 aromatic carbocycles. The fourth-order valence-electron chi connectivity index (χ4n) is 2.52. The smallest absolute Gasteiger partial charge is 0.223 e. The van der Waals surface area contributed by atoms with Crippen molar-refractivity contribution in [2.45, 2.75) is 12.8 Å². The Hall–Kier alpha value is -1.91. The maximum atomic E-state index is 11.9. The molecule has 0 unspecified atom stereocenters. The van der Waals surface area contributed by atoms with Crippen molar-refractivity contribution in [3.8, 4) is 0 Å². The van der Waals surface area contributed by atoms with Gasteiger partial charge in [0, 0.05) is 22.1 Å². The van der Waals surface area contributed by atoms with Crippen LogP contribution in [0.5, 0.6) is 0 Å². The van der Waals surface area contributed by atoms with Gasteiger partial charge in [0.1, 0.15) is 0 Å². The molecule has 4 heteroatoms. The third-order valence-corrected chi connectivity index (χ3v) is 5.25. The lowest BCUT2D eigenvalue weighted by molar-refractivity contribution is -0.120. The molecule has 24 heavy (non-hydrogen) atoms. The van der Waals surface area contributed by atoms with Gasteiger partial charge in [-0.2, -0.15) is 0 Å². The molecule has 3 aromatic rings. The maximum absolute atomic E-state index is 11.9. The summed E-state index contributed by atoms with van der Waals surface area (Å²) in [5, 5.41) is 6.44. The number of nitrogens with one attached hydrogen (secondary N) is 1. The molecule has 0 aliphatic rings. The molecule has 2 nitrogen and oxygen atoms in total. The summed E-state index contributed by atoms with van der Waals surface area (Å²) in [6, 6.07) is 16.3. The summed E-state index contributed by atoms with van der Waals surface area (Å²) in [6.07, 6.45) is 5.14. The first-order chi connectivity index (χ1) is 11.7. The Labute approximate surface area is 154 Å². The van der Waals surface area contributed by atoms with Gasteiger partial charge in [-0.15, -0.1) is 11.3 Å². The Kier molecular flexibility index (Phi) is 5.83. The quantitative estimate of drug-likeness (QED) is 0.588. The third-order valence-electron chi connectivity index (χ3n) is 3.75. The summed E-state index contributed by atoms with van der Waals surface area (Å²) in [6.45, 7) is 0.663. The highest BCUT2D eigenvalue weighted by atomic mass is 79.9. The van der Waals surface area contributed by atoms with Crippen molar-refractivity contribution in [3.63, 3.8) is 0 Å². The van der Waals surface area contributed by atoms with Crippen LogP contribution in [-0.4, -0.2) is 12.5 Å². The number of carbonyl (C=O) groups is 1. The van der Waals surface area contributed by atoms with E-state index in [-0.39, 0.29) is 5.91 Å². The molecule has 0 radical (unpaired) electrons. The van der Waals surface area contributed by atoms with Crippen LogP contribution < -0.4 is 5.32 Å². The van der Waals surface area contributed by atoms with E-state index in [1.807, 2.05) is 42.5 Å². The van der Waals surface area contributed by atoms with E-state index in [1.54, 1.807) is 11.3 Å². The molecule has 0 saturated heterocycles. The molecule has 0 saturated carbocycles. The second-order valence-corrected chi connectivity index (χ2v) is 7.35. The highest BCUT2D eigenvalue weighted by Crippen LogP contribution is 2.28. The fourth-order valence-corrected chi connectivity index (χ4v) is 3.86. The first kappa shape index (κ1) is 16.9. The Balaban J connectivity index is 1.48. The van der Waals surface area contributed by atoms with Gasteiger partial charge in [0.25, 0.3) is 0 Å². The minimum absolute atomic E-state index is 0.0582. The second-order valence-electron chi connectivity index (χ2n) is 5.52.